The molecule has 2 aliphatic rings. The molecule has 0 aliphatic carbocycles. The highest BCUT2D eigenvalue weighted by Gasteiger charge is 2.24. The largest absolute Gasteiger partial charge is 0.390 e. The van der Waals surface area contributed by atoms with Crippen LogP contribution in [-0.2, 0) is 22.6 Å². The van der Waals surface area contributed by atoms with E-state index < -0.39 is 0 Å². The van der Waals surface area contributed by atoms with Gasteiger partial charge < -0.3 is 23.7 Å². The molecule has 4 aromatic rings. The van der Waals surface area contributed by atoms with Crippen molar-refractivity contribution in [2.24, 2.45) is 0 Å². The minimum Gasteiger partial charge on any atom is -0.390 e. The number of hydrogen-bond donors (Lipinski definition) is 1. The van der Waals surface area contributed by atoms with Gasteiger partial charge in [-0.15, -0.1) is 0 Å². The molecule has 0 bridgehead atoms. The second kappa shape index (κ2) is 12.1. The van der Waals surface area contributed by atoms with Crippen LogP contribution in [0.1, 0.15) is 60.6 Å². The zero-order chi connectivity index (χ0) is 27.3. The number of likely N-dealkylation sites (tertiary alicyclic amines) is 1. The summed E-state index contributed by atoms with van der Waals surface area (Å²) in [5.41, 5.74) is 4.49. The molecule has 2 fully saturated rings. The predicted octanol–water partition coefficient (Wildman–Crippen LogP) is 4.16. The molecule has 1 aromatic carbocycles. The van der Waals surface area contributed by atoms with E-state index in [0.29, 0.717) is 25.4 Å². The quantitative estimate of drug-likeness (QED) is 0.333. The Morgan fingerprint density at radius 3 is 2.60 bits per heavy atom. The first-order valence-electron chi connectivity index (χ1n) is 13.8. The topological polar surface area (TPSA) is 98.7 Å². The van der Waals surface area contributed by atoms with Gasteiger partial charge in [-0.3, -0.25) is 9.88 Å². The van der Waals surface area contributed by atoms with Gasteiger partial charge in [0.25, 0.3) is 0 Å². The average molecular weight is 540 g/mol. The summed E-state index contributed by atoms with van der Waals surface area (Å²) in [5.74, 6) is 7.91. The summed E-state index contributed by atoms with van der Waals surface area (Å²) in [6.45, 7) is 5.47. The van der Waals surface area contributed by atoms with Gasteiger partial charge >= 0.3 is 0 Å². The Kier molecular flexibility index (Phi) is 8.02. The second-order valence-electron chi connectivity index (χ2n) is 10.4. The molecule has 2 unspecified atom stereocenters. The number of hydrogen-bond acceptors (Lipinski definition) is 8. The lowest BCUT2D eigenvalue weighted by molar-refractivity contribution is -0.188. The van der Waals surface area contributed by atoms with Gasteiger partial charge in [-0.05, 0) is 62.6 Å². The number of aliphatic hydroxyl groups is 1. The summed E-state index contributed by atoms with van der Waals surface area (Å²) in [5, 5.41) is 13.7. The highest BCUT2D eigenvalue weighted by molar-refractivity contribution is 5.59. The van der Waals surface area contributed by atoms with Crippen molar-refractivity contribution in [3.8, 4) is 23.2 Å². The van der Waals surface area contributed by atoms with E-state index in [2.05, 4.69) is 31.9 Å². The number of pyridine rings is 1. The lowest BCUT2D eigenvalue weighted by atomic mass is 10.1. The first kappa shape index (κ1) is 26.4. The van der Waals surface area contributed by atoms with E-state index in [1.807, 2.05) is 60.2 Å². The van der Waals surface area contributed by atoms with E-state index in [0.717, 1.165) is 66.3 Å². The Morgan fingerprint density at radius 1 is 1.02 bits per heavy atom. The third kappa shape index (κ3) is 6.49. The summed E-state index contributed by atoms with van der Waals surface area (Å²) in [6.07, 6.45) is 8.08. The van der Waals surface area contributed by atoms with Crippen molar-refractivity contribution in [3.05, 3.63) is 89.4 Å². The van der Waals surface area contributed by atoms with E-state index in [9.17, 15) is 5.11 Å². The maximum absolute atomic E-state index is 9.42. The van der Waals surface area contributed by atoms with Crippen molar-refractivity contribution >= 4 is 0 Å². The van der Waals surface area contributed by atoms with E-state index in [1.165, 1.54) is 0 Å². The van der Waals surface area contributed by atoms with Crippen molar-refractivity contribution in [1.29, 1.82) is 0 Å². The lowest BCUT2D eigenvalue weighted by Crippen LogP contribution is -2.49. The van der Waals surface area contributed by atoms with Crippen LogP contribution >= 0.6 is 0 Å². The first-order valence-corrected chi connectivity index (χ1v) is 13.8. The number of nitrogens with zero attached hydrogens (tertiary/aromatic N) is 5. The maximum Gasteiger partial charge on any atom is 0.167 e. The zero-order valence-electron chi connectivity index (χ0n) is 22.6. The SMILES string of the molecule is CC(OC1CCCCO1)c1nccn1Cc1cc(-c2ccc(C#Cc3ccc(CN4CC(O)C4)nc3)cc2)on1. The van der Waals surface area contributed by atoms with Gasteiger partial charge in [0.2, 0.25) is 0 Å². The van der Waals surface area contributed by atoms with Gasteiger partial charge in [-0.1, -0.05) is 17.0 Å². The molecule has 6 rings (SSSR count). The third-order valence-electron chi connectivity index (χ3n) is 7.17. The van der Waals surface area contributed by atoms with Gasteiger partial charge in [0.1, 0.15) is 17.6 Å². The number of aliphatic hydroxyl groups excluding tert-OH is 1. The van der Waals surface area contributed by atoms with Gasteiger partial charge in [-0.2, -0.15) is 0 Å². The van der Waals surface area contributed by atoms with E-state index in [1.54, 1.807) is 12.4 Å². The summed E-state index contributed by atoms with van der Waals surface area (Å²) in [4.78, 5) is 11.2. The fourth-order valence-corrected chi connectivity index (χ4v) is 4.97. The number of rotatable bonds is 8. The molecular formula is C31H33N5O4. The third-order valence-corrected chi connectivity index (χ3v) is 7.17. The second-order valence-corrected chi connectivity index (χ2v) is 10.4. The molecular weight excluding hydrogens is 506 g/mol. The molecule has 1 N–H and O–H groups in total. The van der Waals surface area contributed by atoms with Gasteiger partial charge in [0, 0.05) is 67.6 Å². The Hall–Kier alpha value is -3.81. The van der Waals surface area contributed by atoms with Crippen molar-refractivity contribution in [3.63, 3.8) is 0 Å². The Balaban J connectivity index is 1.05. The lowest BCUT2D eigenvalue weighted by Gasteiger charge is -2.35. The van der Waals surface area contributed by atoms with Crippen LogP contribution in [-0.4, -0.2) is 61.8 Å². The summed E-state index contributed by atoms with van der Waals surface area (Å²) in [7, 11) is 0. The van der Waals surface area contributed by atoms with Crippen LogP contribution in [0.2, 0.25) is 0 Å². The molecule has 3 aromatic heterocycles. The summed E-state index contributed by atoms with van der Waals surface area (Å²) < 4.78 is 19.5. The van der Waals surface area contributed by atoms with Crippen molar-refractivity contribution < 1.29 is 19.1 Å². The van der Waals surface area contributed by atoms with Crippen LogP contribution in [0.25, 0.3) is 11.3 Å². The number of β-amino-alcohol motifs (C(OH)–C–C–N with tert-alkyl or cyclic N) is 1. The Labute approximate surface area is 233 Å². The van der Waals surface area contributed by atoms with Gasteiger partial charge in [0.05, 0.1) is 18.3 Å². The average Bonchev–Trinajstić information content (AvgIpc) is 3.63. The van der Waals surface area contributed by atoms with Crippen LogP contribution in [0.5, 0.6) is 0 Å². The van der Waals surface area contributed by atoms with Crippen molar-refractivity contribution in [2.45, 2.75) is 57.8 Å². The van der Waals surface area contributed by atoms with Gasteiger partial charge in [-0.25, -0.2) is 4.98 Å². The number of ether oxygens (including phenoxy) is 2. The monoisotopic (exact) mass is 539 g/mol. The predicted molar refractivity (Wildman–Crippen MR) is 148 cm³/mol. The fraction of sp³-hybridized carbons (Fsp3) is 0.387. The van der Waals surface area contributed by atoms with Crippen LogP contribution in [0.4, 0.5) is 0 Å². The molecule has 0 amide bonds. The first-order chi connectivity index (χ1) is 19.6. The molecule has 206 valence electrons. The van der Waals surface area contributed by atoms with Crippen LogP contribution in [0.15, 0.2) is 65.6 Å². The molecule has 2 aliphatic heterocycles. The number of aromatic nitrogens is 4. The molecule has 9 heteroatoms. The minimum absolute atomic E-state index is 0.172. The number of imidazole rings is 1. The summed E-state index contributed by atoms with van der Waals surface area (Å²) in [6, 6.07) is 13.8. The molecule has 40 heavy (non-hydrogen) atoms. The highest BCUT2D eigenvalue weighted by Crippen LogP contribution is 2.25. The maximum atomic E-state index is 9.42. The molecule has 0 saturated carbocycles. The highest BCUT2D eigenvalue weighted by atomic mass is 16.7. The molecule has 9 nitrogen and oxygen atoms in total. The molecule has 2 saturated heterocycles. The minimum atomic E-state index is -0.200. The normalized spacial score (nSPS) is 18.6. The van der Waals surface area contributed by atoms with E-state index in [-0.39, 0.29) is 18.5 Å². The van der Waals surface area contributed by atoms with E-state index >= 15 is 0 Å². The fourth-order valence-electron chi connectivity index (χ4n) is 4.97. The Morgan fingerprint density at radius 2 is 1.85 bits per heavy atom. The zero-order valence-corrected chi connectivity index (χ0v) is 22.6. The van der Waals surface area contributed by atoms with Crippen LogP contribution in [0, 0.1) is 11.8 Å². The molecule has 0 radical (unpaired) electrons. The summed E-state index contributed by atoms with van der Waals surface area (Å²) >= 11 is 0. The van der Waals surface area contributed by atoms with Crippen molar-refractivity contribution in [2.75, 3.05) is 19.7 Å². The molecule has 5 heterocycles. The smallest absolute Gasteiger partial charge is 0.167 e. The standard InChI is InChI=1S/C31H33N5O4/c1-22(39-30-4-2-3-15-38-30)31-32-13-14-36(31)19-27-16-29(40-34-27)25-10-7-23(8-11-25)5-6-24-9-12-26(33-17-24)18-35-20-28(37)21-35/h7-14,16-17,22,28,30,37H,2-4,15,18-21H2,1H3. The number of benzene rings is 1. The Bertz CT molecular complexity index is 1460. The van der Waals surface area contributed by atoms with Crippen LogP contribution < -0.4 is 0 Å². The molecule has 2 atom stereocenters. The van der Waals surface area contributed by atoms with Gasteiger partial charge in [0.15, 0.2) is 12.1 Å². The van der Waals surface area contributed by atoms with E-state index in [4.69, 9.17) is 14.0 Å². The van der Waals surface area contributed by atoms with Crippen LogP contribution in [0.3, 0.4) is 0 Å². The van der Waals surface area contributed by atoms with Crippen molar-refractivity contribution in [1.82, 2.24) is 24.6 Å². The molecule has 0 spiro atoms.